The molecule has 1 atom stereocenters. The molecule has 2 heterocycles. The van der Waals surface area contributed by atoms with E-state index in [0.29, 0.717) is 0 Å². The van der Waals surface area contributed by atoms with Crippen molar-refractivity contribution in [1.29, 1.82) is 0 Å². The Morgan fingerprint density at radius 3 is 2.77 bits per heavy atom. The number of nitrogens with one attached hydrogen (secondary N) is 2. The third-order valence-electron chi connectivity index (χ3n) is 3.29. The second kappa shape index (κ2) is 8.47. The number of hydrogen-bond acceptors (Lipinski definition) is 6. The molecule has 0 bridgehead atoms. The Hall–Kier alpha value is -1.15. The zero-order valence-electron chi connectivity index (χ0n) is 11.8. The molecule has 1 amide bonds. The number of nitrogens with zero attached hydrogens (tertiary/aromatic N) is 2. The van der Waals surface area contributed by atoms with Crippen LogP contribution in [0.25, 0.3) is 0 Å². The van der Waals surface area contributed by atoms with Crippen LogP contribution in [0.2, 0.25) is 0 Å². The van der Waals surface area contributed by atoms with E-state index in [0.717, 1.165) is 40.7 Å². The topological polar surface area (TPSA) is 66.9 Å². The van der Waals surface area contributed by atoms with E-state index in [1.165, 1.54) is 11.3 Å². The molecule has 0 saturated carbocycles. The Morgan fingerprint density at radius 1 is 1.32 bits per heavy atom. The van der Waals surface area contributed by atoms with Gasteiger partial charge in [-0.15, -0.1) is 22.6 Å². The predicted octanol–water partition coefficient (Wildman–Crippen LogP) is 3.19. The van der Waals surface area contributed by atoms with Gasteiger partial charge in [0.25, 0.3) is 0 Å². The Labute approximate surface area is 143 Å². The van der Waals surface area contributed by atoms with Crippen LogP contribution < -0.4 is 10.6 Å². The monoisotopic (exact) mass is 356 g/mol. The first kappa shape index (κ1) is 17.2. The number of carbonyl (C=O) groups is 1. The molecule has 0 aliphatic carbocycles. The summed E-state index contributed by atoms with van der Waals surface area (Å²) in [7, 11) is 0. The lowest BCUT2D eigenvalue weighted by Crippen LogP contribution is -2.43. The van der Waals surface area contributed by atoms with Gasteiger partial charge in [-0.2, -0.15) is 0 Å². The molecule has 0 radical (unpaired) electrons. The van der Waals surface area contributed by atoms with Crippen LogP contribution in [0.15, 0.2) is 39.0 Å². The third-order valence-corrected chi connectivity index (χ3v) is 5.08. The number of benzene rings is 1. The molecule has 8 heteroatoms. The van der Waals surface area contributed by atoms with Gasteiger partial charge in [0.05, 0.1) is 6.04 Å². The van der Waals surface area contributed by atoms with Gasteiger partial charge in [-0.25, -0.2) is 0 Å². The number of anilines is 1. The van der Waals surface area contributed by atoms with Crippen LogP contribution in [0.4, 0.5) is 5.69 Å². The van der Waals surface area contributed by atoms with Crippen molar-refractivity contribution < 1.29 is 4.79 Å². The Kier molecular flexibility index (Phi) is 6.63. The van der Waals surface area contributed by atoms with Gasteiger partial charge in [-0.05, 0) is 43.7 Å². The van der Waals surface area contributed by atoms with Crippen LogP contribution in [0, 0.1) is 0 Å². The molecule has 22 heavy (non-hydrogen) atoms. The average Bonchev–Trinajstić information content (AvgIpc) is 3.03. The summed E-state index contributed by atoms with van der Waals surface area (Å²) in [5, 5.41) is 14.0. The highest BCUT2D eigenvalue weighted by Gasteiger charge is 2.20. The quantitative estimate of drug-likeness (QED) is 0.880. The van der Waals surface area contributed by atoms with Gasteiger partial charge in [0.1, 0.15) is 5.51 Å². The van der Waals surface area contributed by atoms with Gasteiger partial charge < -0.3 is 10.6 Å². The van der Waals surface area contributed by atoms with Gasteiger partial charge in [-0.1, -0.05) is 29.5 Å². The lowest BCUT2D eigenvalue weighted by atomic mass is 10.0. The van der Waals surface area contributed by atoms with Crippen molar-refractivity contribution >= 4 is 47.1 Å². The van der Waals surface area contributed by atoms with Crippen molar-refractivity contribution in [3.63, 3.8) is 0 Å². The first-order valence-corrected chi connectivity index (χ1v) is 8.59. The number of halogens is 1. The van der Waals surface area contributed by atoms with Gasteiger partial charge in [-0.3, -0.25) is 4.79 Å². The summed E-state index contributed by atoms with van der Waals surface area (Å²) in [6.45, 7) is 0.926. The molecule has 5 nitrogen and oxygen atoms in total. The predicted molar refractivity (Wildman–Crippen MR) is 92.0 cm³/mol. The molecule has 1 aromatic heterocycles. The zero-order valence-corrected chi connectivity index (χ0v) is 14.3. The molecule has 1 aliphatic rings. The largest absolute Gasteiger partial charge is 0.325 e. The van der Waals surface area contributed by atoms with Crippen LogP contribution in [0.1, 0.15) is 19.3 Å². The SMILES string of the molecule is Cl.O=C(Nc1ccc(Sc2nncs2)cc1)C1CCCCN1. The molecule has 1 saturated heterocycles. The van der Waals surface area contributed by atoms with Crippen molar-refractivity contribution in [2.45, 2.75) is 34.5 Å². The summed E-state index contributed by atoms with van der Waals surface area (Å²) in [5.41, 5.74) is 2.54. The smallest absolute Gasteiger partial charge is 0.241 e. The number of piperidine rings is 1. The van der Waals surface area contributed by atoms with E-state index in [1.807, 2.05) is 24.3 Å². The number of hydrogen-bond donors (Lipinski definition) is 2. The minimum atomic E-state index is -0.0609. The lowest BCUT2D eigenvalue weighted by molar-refractivity contribution is -0.118. The van der Waals surface area contributed by atoms with Crippen LogP contribution in [-0.2, 0) is 4.79 Å². The van der Waals surface area contributed by atoms with Crippen LogP contribution in [0.5, 0.6) is 0 Å². The minimum absolute atomic E-state index is 0. The maximum absolute atomic E-state index is 12.1. The molecule has 2 N–H and O–H groups in total. The number of carbonyl (C=O) groups excluding carboxylic acids is 1. The van der Waals surface area contributed by atoms with E-state index >= 15 is 0 Å². The van der Waals surface area contributed by atoms with Crippen molar-refractivity contribution in [2.75, 3.05) is 11.9 Å². The normalized spacial score (nSPS) is 17.5. The molecule has 0 spiro atoms. The maximum Gasteiger partial charge on any atom is 0.241 e. The average molecular weight is 357 g/mol. The second-order valence-electron chi connectivity index (χ2n) is 4.82. The number of rotatable bonds is 4. The first-order valence-electron chi connectivity index (χ1n) is 6.89. The van der Waals surface area contributed by atoms with Crippen LogP contribution >= 0.6 is 35.5 Å². The van der Waals surface area contributed by atoms with Gasteiger partial charge in [0.15, 0.2) is 4.34 Å². The standard InChI is InChI=1S/C14H16N4OS2.ClH/c19-13(12-3-1-2-8-15-12)17-10-4-6-11(7-5-10)21-14-18-16-9-20-14;/h4-7,9,12,15H,1-3,8H2,(H,17,19);1H. The molecule has 3 rings (SSSR count). The fourth-order valence-corrected chi connectivity index (χ4v) is 3.67. The first-order chi connectivity index (χ1) is 10.3. The number of amides is 1. The van der Waals surface area contributed by atoms with E-state index < -0.39 is 0 Å². The summed E-state index contributed by atoms with van der Waals surface area (Å²) in [4.78, 5) is 13.2. The zero-order chi connectivity index (χ0) is 14.5. The van der Waals surface area contributed by atoms with Gasteiger partial charge in [0.2, 0.25) is 5.91 Å². The summed E-state index contributed by atoms with van der Waals surface area (Å²) in [6, 6.07) is 7.74. The summed E-state index contributed by atoms with van der Waals surface area (Å²) in [5.74, 6) is 0.0548. The Balaban J connectivity index is 0.00000176. The molecule has 1 fully saturated rings. The fraction of sp³-hybridized carbons (Fsp3) is 0.357. The van der Waals surface area contributed by atoms with Crippen LogP contribution in [0.3, 0.4) is 0 Å². The lowest BCUT2D eigenvalue weighted by Gasteiger charge is -2.22. The van der Waals surface area contributed by atoms with E-state index in [2.05, 4.69) is 20.8 Å². The van der Waals surface area contributed by atoms with Crippen molar-refractivity contribution in [3.8, 4) is 0 Å². The molecular formula is C14H17ClN4OS2. The van der Waals surface area contributed by atoms with E-state index in [-0.39, 0.29) is 24.4 Å². The molecule has 1 unspecified atom stereocenters. The number of aromatic nitrogens is 2. The summed E-state index contributed by atoms with van der Waals surface area (Å²) in [6.07, 6.45) is 3.18. The van der Waals surface area contributed by atoms with Gasteiger partial charge in [0, 0.05) is 10.6 Å². The van der Waals surface area contributed by atoms with Crippen LogP contribution in [-0.4, -0.2) is 28.7 Å². The highest BCUT2D eigenvalue weighted by Crippen LogP contribution is 2.29. The van der Waals surface area contributed by atoms with Crippen molar-refractivity contribution in [1.82, 2.24) is 15.5 Å². The second-order valence-corrected chi connectivity index (χ2v) is 6.98. The molecule has 1 aromatic carbocycles. The molecule has 1 aliphatic heterocycles. The minimum Gasteiger partial charge on any atom is -0.325 e. The molecule has 2 aromatic rings. The Bertz CT molecular complexity index is 585. The van der Waals surface area contributed by atoms with E-state index in [4.69, 9.17) is 0 Å². The van der Waals surface area contributed by atoms with Crippen molar-refractivity contribution in [2.24, 2.45) is 0 Å². The van der Waals surface area contributed by atoms with E-state index in [9.17, 15) is 4.79 Å². The maximum atomic E-state index is 12.1. The van der Waals surface area contributed by atoms with Crippen molar-refractivity contribution in [3.05, 3.63) is 29.8 Å². The molecule has 118 valence electrons. The fourth-order valence-electron chi connectivity index (χ4n) is 2.22. The molecular weight excluding hydrogens is 340 g/mol. The highest BCUT2D eigenvalue weighted by atomic mass is 35.5. The van der Waals surface area contributed by atoms with E-state index in [1.54, 1.807) is 17.3 Å². The third kappa shape index (κ3) is 4.67. The Morgan fingerprint density at radius 2 is 2.14 bits per heavy atom. The summed E-state index contributed by atoms with van der Waals surface area (Å²) < 4.78 is 0.915. The highest BCUT2D eigenvalue weighted by molar-refractivity contribution is 8.01. The van der Waals surface area contributed by atoms with Gasteiger partial charge >= 0.3 is 0 Å². The summed E-state index contributed by atoms with van der Waals surface area (Å²) >= 11 is 3.08.